The summed E-state index contributed by atoms with van der Waals surface area (Å²) in [6.45, 7) is 2.34. The van der Waals surface area contributed by atoms with Gasteiger partial charge in [0.2, 0.25) is 0 Å². The van der Waals surface area contributed by atoms with Crippen molar-refractivity contribution in [3.05, 3.63) is 11.2 Å². The van der Waals surface area contributed by atoms with E-state index >= 15 is 0 Å². The molecule has 0 saturated carbocycles. The number of nitrogens with one attached hydrogen (secondary N) is 2. The molecule has 0 aromatic carbocycles. The van der Waals surface area contributed by atoms with Crippen molar-refractivity contribution < 1.29 is 8.42 Å². The highest BCUT2D eigenvalue weighted by molar-refractivity contribution is 7.89. The van der Waals surface area contributed by atoms with Crippen LogP contribution in [0, 0.1) is 5.92 Å². The summed E-state index contributed by atoms with van der Waals surface area (Å²) in [5, 5.41) is 7.25. The molecule has 1 aromatic heterocycles. The third-order valence-corrected chi connectivity index (χ3v) is 5.05. The molecular formula is C10H17ClN4O2S. The predicted octanol–water partition coefficient (Wildman–Crippen LogP) is 0.351. The Bertz CT molecular complexity index is 488. The van der Waals surface area contributed by atoms with E-state index < -0.39 is 10.0 Å². The van der Waals surface area contributed by atoms with Crippen molar-refractivity contribution in [2.75, 3.05) is 19.6 Å². The van der Waals surface area contributed by atoms with Gasteiger partial charge in [-0.25, -0.2) is 13.1 Å². The summed E-state index contributed by atoms with van der Waals surface area (Å²) < 4.78 is 28.1. The van der Waals surface area contributed by atoms with Crippen LogP contribution >= 0.6 is 11.6 Å². The Hall–Kier alpha value is -0.630. The molecule has 1 saturated heterocycles. The molecule has 0 aliphatic carbocycles. The van der Waals surface area contributed by atoms with Gasteiger partial charge in [0.25, 0.3) is 10.0 Å². The first kappa shape index (κ1) is 13.8. The Labute approximate surface area is 112 Å². The number of halogens is 1. The van der Waals surface area contributed by atoms with E-state index in [2.05, 4.69) is 15.1 Å². The van der Waals surface area contributed by atoms with E-state index in [-0.39, 0.29) is 10.0 Å². The topological polar surface area (TPSA) is 76.0 Å². The number of piperidine rings is 1. The lowest BCUT2D eigenvalue weighted by atomic mass is 9.99. The lowest BCUT2D eigenvalue weighted by Crippen LogP contribution is -2.36. The van der Waals surface area contributed by atoms with E-state index in [9.17, 15) is 8.42 Å². The molecule has 2 rings (SSSR count). The zero-order chi connectivity index (χ0) is 13.2. The number of rotatable bonds is 4. The fraction of sp³-hybridized carbons (Fsp3) is 0.700. The van der Waals surface area contributed by atoms with Gasteiger partial charge < -0.3 is 5.32 Å². The Morgan fingerprint density at radius 3 is 2.78 bits per heavy atom. The fourth-order valence-corrected chi connectivity index (χ4v) is 3.85. The SMILES string of the molecule is Cn1ncc(Cl)c1S(=O)(=O)NCC1CCNCC1. The average Bonchev–Trinajstić information content (AvgIpc) is 2.69. The summed E-state index contributed by atoms with van der Waals surface area (Å²) in [5.41, 5.74) is 0. The Morgan fingerprint density at radius 1 is 1.56 bits per heavy atom. The van der Waals surface area contributed by atoms with E-state index in [1.54, 1.807) is 7.05 Å². The van der Waals surface area contributed by atoms with Crippen molar-refractivity contribution >= 4 is 21.6 Å². The molecule has 0 unspecified atom stereocenters. The highest BCUT2D eigenvalue weighted by Gasteiger charge is 2.24. The highest BCUT2D eigenvalue weighted by atomic mass is 35.5. The third kappa shape index (κ3) is 3.03. The molecule has 0 spiro atoms. The molecule has 1 fully saturated rings. The van der Waals surface area contributed by atoms with Gasteiger partial charge in [-0.05, 0) is 31.8 Å². The van der Waals surface area contributed by atoms with Gasteiger partial charge in [0.15, 0.2) is 5.03 Å². The maximum atomic E-state index is 12.1. The smallest absolute Gasteiger partial charge is 0.259 e. The third-order valence-electron chi connectivity index (χ3n) is 3.12. The maximum absolute atomic E-state index is 12.1. The number of sulfonamides is 1. The van der Waals surface area contributed by atoms with Crippen molar-refractivity contribution in [2.24, 2.45) is 13.0 Å². The van der Waals surface area contributed by atoms with Crippen LogP contribution < -0.4 is 10.0 Å². The van der Waals surface area contributed by atoms with E-state index in [0.29, 0.717) is 12.5 Å². The second-order valence-corrected chi connectivity index (χ2v) is 6.56. The van der Waals surface area contributed by atoms with Crippen molar-refractivity contribution in [3.8, 4) is 0 Å². The molecule has 2 heterocycles. The second-order valence-electron chi connectivity index (χ2n) is 4.47. The fourth-order valence-electron chi connectivity index (χ4n) is 2.08. The van der Waals surface area contributed by atoms with Crippen molar-refractivity contribution in [1.82, 2.24) is 19.8 Å². The monoisotopic (exact) mass is 292 g/mol. The summed E-state index contributed by atoms with van der Waals surface area (Å²) in [4.78, 5) is 0. The minimum absolute atomic E-state index is 0.0260. The molecule has 0 bridgehead atoms. The summed E-state index contributed by atoms with van der Waals surface area (Å²) in [7, 11) is -2.02. The van der Waals surface area contributed by atoms with Crippen molar-refractivity contribution in [2.45, 2.75) is 17.9 Å². The quantitative estimate of drug-likeness (QED) is 0.840. The molecule has 1 aliphatic heterocycles. The Kier molecular flexibility index (Phi) is 4.26. The van der Waals surface area contributed by atoms with Crippen LogP contribution in [0.15, 0.2) is 11.2 Å². The minimum atomic E-state index is -3.58. The van der Waals surface area contributed by atoms with Gasteiger partial charge in [0.05, 0.1) is 11.2 Å². The zero-order valence-electron chi connectivity index (χ0n) is 10.2. The summed E-state index contributed by atoms with van der Waals surface area (Å²) >= 11 is 5.84. The first-order valence-electron chi connectivity index (χ1n) is 5.88. The Morgan fingerprint density at radius 2 is 2.22 bits per heavy atom. The minimum Gasteiger partial charge on any atom is -0.317 e. The maximum Gasteiger partial charge on any atom is 0.259 e. The predicted molar refractivity (Wildman–Crippen MR) is 69.0 cm³/mol. The van der Waals surface area contributed by atoms with Gasteiger partial charge in [-0.2, -0.15) is 5.10 Å². The lowest BCUT2D eigenvalue weighted by molar-refractivity contribution is 0.372. The van der Waals surface area contributed by atoms with Gasteiger partial charge in [-0.1, -0.05) is 11.6 Å². The lowest BCUT2D eigenvalue weighted by Gasteiger charge is -2.22. The van der Waals surface area contributed by atoms with Gasteiger partial charge in [0.1, 0.15) is 0 Å². The molecule has 1 aliphatic rings. The molecule has 6 nitrogen and oxygen atoms in total. The molecule has 2 N–H and O–H groups in total. The van der Waals surface area contributed by atoms with Crippen LogP contribution in [0.4, 0.5) is 0 Å². The van der Waals surface area contributed by atoms with Gasteiger partial charge in [-0.15, -0.1) is 0 Å². The van der Waals surface area contributed by atoms with Crippen molar-refractivity contribution in [3.63, 3.8) is 0 Å². The number of hydrogen-bond donors (Lipinski definition) is 2. The average molecular weight is 293 g/mol. The van der Waals surface area contributed by atoms with Crippen LogP contribution in [0.5, 0.6) is 0 Å². The standard InChI is InChI=1S/C10H17ClN4O2S/c1-15-10(9(11)7-13-15)18(16,17)14-6-8-2-4-12-5-3-8/h7-8,12,14H,2-6H2,1H3. The van der Waals surface area contributed by atoms with Gasteiger partial charge >= 0.3 is 0 Å². The second kappa shape index (κ2) is 5.56. The van der Waals surface area contributed by atoms with E-state index in [0.717, 1.165) is 25.9 Å². The van der Waals surface area contributed by atoms with Crippen molar-refractivity contribution in [1.29, 1.82) is 0 Å². The van der Waals surface area contributed by atoms with Gasteiger partial charge in [0, 0.05) is 13.6 Å². The van der Waals surface area contributed by atoms with Crippen LogP contribution in [-0.2, 0) is 17.1 Å². The molecule has 0 amide bonds. The van der Waals surface area contributed by atoms with Crippen LogP contribution in [0.25, 0.3) is 0 Å². The molecule has 1 aromatic rings. The van der Waals surface area contributed by atoms with Gasteiger partial charge in [-0.3, -0.25) is 4.68 Å². The number of aromatic nitrogens is 2. The van der Waals surface area contributed by atoms with E-state index in [1.165, 1.54) is 10.9 Å². The molecule has 0 radical (unpaired) electrons. The van der Waals surface area contributed by atoms with Crippen LogP contribution in [0.1, 0.15) is 12.8 Å². The van der Waals surface area contributed by atoms with Crippen LogP contribution in [0.2, 0.25) is 5.02 Å². The molecular weight excluding hydrogens is 276 g/mol. The molecule has 102 valence electrons. The normalized spacial score (nSPS) is 18.1. The van der Waals surface area contributed by atoms with E-state index in [4.69, 9.17) is 11.6 Å². The van der Waals surface area contributed by atoms with E-state index in [1.807, 2.05) is 0 Å². The highest BCUT2D eigenvalue weighted by Crippen LogP contribution is 2.20. The first-order valence-corrected chi connectivity index (χ1v) is 7.74. The number of hydrogen-bond acceptors (Lipinski definition) is 4. The molecule has 8 heteroatoms. The number of aryl methyl sites for hydroxylation is 1. The summed E-state index contributed by atoms with van der Waals surface area (Å²) in [5.74, 6) is 0.382. The van der Waals surface area contributed by atoms with Crippen LogP contribution in [-0.4, -0.2) is 37.8 Å². The summed E-state index contributed by atoms with van der Waals surface area (Å²) in [6, 6.07) is 0. The summed E-state index contributed by atoms with van der Waals surface area (Å²) in [6.07, 6.45) is 3.31. The number of nitrogens with zero attached hydrogens (tertiary/aromatic N) is 2. The largest absolute Gasteiger partial charge is 0.317 e. The zero-order valence-corrected chi connectivity index (χ0v) is 11.8. The first-order chi connectivity index (χ1) is 8.50. The molecule has 18 heavy (non-hydrogen) atoms. The molecule has 0 atom stereocenters. The van der Waals surface area contributed by atoms with Crippen LogP contribution in [0.3, 0.4) is 0 Å². The Balaban J connectivity index is 2.03.